The Hall–Kier alpha value is -3.22. The quantitative estimate of drug-likeness (QED) is 0.483. The lowest BCUT2D eigenvalue weighted by Crippen LogP contribution is -2.29. The number of anilines is 1. The maximum Gasteiger partial charge on any atom is 0.293 e. The first-order chi connectivity index (χ1) is 13.0. The zero-order valence-corrected chi connectivity index (χ0v) is 14.6. The molecule has 2 aliphatic rings. The monoisotopic (exact) mass is 365 g/mol. The maximum absolute atomic E-state index is 12.6. The number of likely N-dealkylation sites (tertiary alicyclic amines) is 1. The average molecular weight is 365 g/mol. The summed E-state index contributed by atoms with van der Waals surface area (Å²) < 4.78 is 0. The van der Waals surface area contributed by atoms with Gasteiger partial charge in [-0.25, -0.2) is 0 Å². The van der Waals surface area contributed by atoms with E-state index in [1.807, 2.05) is 4.90 Å². The van der Waals surface area contributed by atoms with Gasteiger partial charge in [0.2, 0.25) is 5.91 Å². The molecule has 0 aromatic heterocycles. The fourth-order valence-corrected chi connectivity index (χ4v) is 3.49. The molecule has 0 radical (unpaired) electrons. The van der Waals surface area contributed by atoms with Crippen LogP contribution in [0.3, 0.4) is 0 Å². The summed E-state index contributed by atoms with van der Waals surface area (Å²) in [6.45, 7) is 0.561. The van der Waals surface area contributed by atoms with Gasteiger partial charge in [0.05, 0.1) is 11.0 Å². The van der Waals surface area contributed by atoms with E-state index in [4.69, 9.17) is 0 Å². The van der Waals surface area contributed by atoms with Gasteiger partial charge in [0.15, 0.2) is 5.78 Å². The lowest BCUT2D eigenvalue weighted by molar-refractivity contribution is -0.384. The summed E-state index contributed by atoms with van der Waals surface area (Å²) in [7, 11) is 0. The number of ketones is 1. The lowest BCUT2D eigenvalue weighted by atomic mass is 10.0. The Kier molecular flexibility index (Phi) is 4.35. The van der Waals surface area contributed by atoms with Crippen molar-refractivity contribution in [2.75, 3.05) is 11.9 Å². The first-order valence-corrected chi connectivity index (χ1v) is 8.97. The van der Waals surface area contributed by atoms with Crippen molar-refractivity contribution >= 4 is 23.1 Å². The van der Waals surface area contributed by atoms with Crippen LogP contribution in [0.4, 0.5) is 11.4 Å². The van der Waals surface area contributed by atoms with Crippen LogP contribution >= 0.6 is 0 Å². The predicted molar refractivity (Wildman–Crippen MR) is 99.7 cm³/mol. The molecule has 27 heavy (non-hydrogen) atoms. The molecule has 7 heteroatoms. The molecular weight excluding hydrogens is 346 g/mol. The molecule has 7 nitrogen and oxygen atoms in total. The van der Waals surface area contributed by atoms with Crippen molar-refractivity contribution < 1.29 is 14.5 Å². The van der Waals surface area contributed by atoms with Crippen molar-refractivity contribution in [1.82, 2.24) is 4.90 Å². The number of carbonyl (C=O) groups excluding carboxylic acids is 2. The fourth-order valence-electron chi connectivity index (χ4n) is 3.49. The van der Waals surface area contributed by atoms with Crippen molar-refractivity contribution in [3.8, 4) is 0 Å². The molecule has 1 atom stereocenters. The van der Waals surface area contributed by atoms with Gasteiger partial charge in [0.25, 0.3) is 5.69 Å². The number of nitro benzene ring substituents is 1. The number of hydrogen-bond donors (Lipinski definition) is 1. The first kappa shape index (κ1) is 17.2. The summed E-state index contributed by atoms with van der Waals surface area (Å²) in [6, 6.07) is 13.3. The summed E-state index contributed by atoms with van der Waals surface area (Å²) in [4.78, 5) is 37.5. The van der Waals surface area contributed by atoms with E-state index < -0.39 is 4.92 Å². The smallest absolute Gasteiger partial charge is 0.293 e. The van der Waals surface area contributed by atoms with Crippen LogP contribution in [0.25, 0.3) is 0 Å². The molecule has 1 aliphatic carbocycles. The van der Waals surface area contributed by atoms with E-state index in [1.165, 1.54) is 6.07 Å². The Labute approximate surface area is 156 Å². The summed E-state index contributed by atoms with van der Waals surface area (Å²) in [5, 5.41) is 14.7. The van der Waals surface area contributed by atoms with E-state index in [-0.39, 0.29) is 29.0 Å². The predicted octanol–water partition coefficient (Wildman–Crippen LogP) is 3.00. The molecule has 1 aliphatic heterocycles. The molecule has 2 aromatic carbocycles. The summed E-state index contributed by atoms with van der Waals surface area (Å²) in [6.07, 6.45) is 2.40. The molecule has 1 saturated carbocycles. The molecular formula is C20H19N3O4. The Balaban J connectivity index is 1.56. The molecule has 1 amide bonds. The number of nitrogens with zero attached hydrogens (tertiary/aromatic N) is 2. The van der Waals surface area contributed by atoms with E-state index in [0.29, 0.717) is 30.3 Å². The van der Waals surface area contributed by atoms with Gasteiger partial charge in [0.1, 0.15) is 5.69 Å². The fraction of sp³-hybridized carbons (Fsp3) is 0.300. The van der Waals surface area contributed by atoms with Crippen molar-refractivity contribution in [1.29, 1.82) is 0 Å². The van der Waals surface area contributed by atoms with Gasteiger partial charge in [-0.1, -0.05) is 30.3 Å². The minimum atomic E-state index is -0.500. The highest BCUT2D eigenvalue weighted by atomic mass is 16.6. The Morgan fingerprint density at radius 1 is 1.11 bits per heavy atom. The Morgan fingerprint density at radius 2 is 1.85 bits per heavy atom. The Bertz CT molecular complexity index is 909. The second-order valence-electron chi connectivity index (χ2n) is 7.01. The molecule has 2 aromatic rings. The molecule has 138 valence electrons. The molecule has 2 fully saturated rings. The van der Waals surface area contributed by atoms with E-state index in [2.05, 4.69) is 5.32 Å². The highest BCUT2D eigenvalue weighted by Gasteiger charge is 2.39. The van der Waals surface area contributed by atoms with Crippen LogP contribution in [0.1, 0.15) is 35.2 Å². The van der Waals surface area contributed by atoms with Crippen LogP contribution in [0.5, 0.6) is 0 Å². The zero-order valence-electron chi connectivity index (χ0n) is 14.6. The molecule has 4 rings (SSSR count). The minimum absolute atomic E-state index is 0.0912. The van der Waals surface area contributed by atoms with E-state index in [1.54, 1.807) is 42.5 Å². The molecule has 0 bridgehead atoms. The second-order valence-corrected chi connectivity index (χ2v) is 7.01. The zero-order chi connectivity index (χ0) is 19.0. The number of amides is 1. The van der Waals surface area contributed by atoms with Crippen molar-refractivity contribution in [3.63, 3.8) is 0 Å². The molecule has 1 N–H and O–H groups in total. The molecule has 1 saturated heterocycles. The third-order valence-electron chi connectivity index (χ3n) is 5.00. The normalized spacial score (nSPS) is 19.2. The minimum Gasteiger partial charge on any atom is -0.374 e. The van der Waals surface area contributed by atoms with Gasteiger partial charge in [0, 0.05) is 36.2 Å². The van der Waals surface area contributed by atoms with E-state index in [0.717, 1.165) is 12.8 Å². The largest absolute Gasteiger partial charge is 0.374 e. The number of rotatable bonds is 6. The van der Waals surface area contributed by atoms with E-state index >= 15 is 0 Å². The van der Waals surface area contributed by atoms with Crippen LogP contribution in [0.15, 0.2) is 48.5 Å². The number of hydrogen-bond acceptors (Lipinski definition) is 5. The number of nitrogens with one attached hydrogen (secondary N) is 1. The number of carbonyl (C=O) groups is 2. The highest BCUT2D eigenvalue weighted by Crippen LogP contribution is 2.33. The highest BCUT2D eigenvalue weighted by molar-refractivity contribution is 6.09. The maximum atomic E-state index is 12.6. The van der Waals surface area contributed by atoms with Gasteiger partial charge in [-0.3, -0.25) is 19.7 Å². The summed E-state index contributed by atoms with van der Waals surface area (Å²) in [5.74, 6) is -0.172. The third-order valence-corrected chi connectivity index (χ3v) is 5.00. The van der Waals surface area contributed by atoms with Crippen LogP contribution in [-0.2, 0) is 4.79 Å². The SMILES string of the molecule is O=C(c1ccccc1)c1ccc(NC2CC(=O)N(C3CC3)C2)c([N+](=O)[O-])c1. The second kappa shape index (κ2) is 6.83. The lowest BCUT2D eigenvalue weighted by Gasteiger charge is -2.17. The topological polar surface area (TPSA) is 92.6 Å². The average Bonchev–Trinajstić information content (AvgIpc) is 3.45. The van der Waals surface area contributed by atoms with Crippen molar-refractivity contribution in [2.24, 2.45) is 0 Å². The first-order valence-electron chi connectivity index (χ1n) is 8.97. The summed E-state index contributed by atoms with van der Waals surface area (Å²) in [5.41, 5.74) is 0.920. The van der Waals surface area contributed by atoms with Gasteiger partial charge >= 0.3 is 0 Å². The standard InChI is InChI=1S/C20H19N3O4/c24-19-11-15(12-22(19)16-7-8-16)21-17-9-6-14(10-18(17)23(26)27)20(25)13-4-2-1-3-5-13/h1-6,9-10,15-16,21H,7-8,11-12H2. The van der Waals surface area contributed by atoms with E-state index in [9.17, 15) is 19.7 Å². The summed E-state index contributed by atoms with van der Waals surface area (Å²) >= 11 is 0. The van der Waals surface area contributed by atoms with Crippen LogP contribution < -0.4 is 5.32 Å². The Morgan fingerprint density at radius 3 is 2.52 bits per heavy atom. The van der Waals surface area contributed by atoms with Gasteiger partial charge in [-0.15, -0.1) is 0 Å². The van der Waals surface area contributed by atoms with Gasteiger partial charge < -0.3 is 10.2 Å². The van der Waals surface area contributed by atoms with Crippen molar-refractivity contribution in [2.45, 2.75) is 31.3 Å². The number of nitro groups is 1. The van der Waals surface area contributed by atoms with Crippen molar-refractivity contribution in [3.05, 3.63) is 69.8 Å². The van der Waals surface area contributed by atoms with Gasteiger partial charge in [-0.2, -0.15) is 0 Å². The van der Waals surface area contributed by atoms with Crippen LogP contribution in [0.2, 0.25) is 0 Å². The molecule has 0 spiro atoms. The molecule has 1 unspecified atom stereocenters. The van der Waals surface area contributed by atoms with Gasteiger partial charge in [-0.05, 0) is 25.0 Å². The third kappa shape index (κ3) is 3.53. The number of benzene rings is 2. The van der Waals surface area contributed by atoms with Crippen LogP contribution in [0, 0.1) is 10.1 Å². The van der Waals surface area contributed by atoms with Crippen LogP contribution in [-0.4, -0.2) is 40.1 Å². The molecule has 1 heterocycles.